The van der Waals surface area contributed by atoms with Crippen LogP contribution in [0.2, 0.25) is 5.02 Å². The molecule has 11 heteroatoms. The van der Waals surface area contributed by atoms with Crippen molar-refractivity contribution in [3.05, 3.63) is 63.8 Å². The lowest BCUT2D eigenvalue weighted by atomic mass is 10.0. The van der Waals surface area contributed by atoms with E-state index in [4.69, 9.17) is 26.3 Å². The number of hydrogen-bond acceptors (Lipinski definition) is 9. The summed E-state index contributed by atoms with van der Waals surface area (Å²) >= 11 is 7.96. The van der Waals surface area contributed by atoms with E-state index in [2.05, 4.69) is 15.6 Å². The molecule has 0 aliphatic carbocycles. The lowest BCUT2D eigenvalue weighted by Crippen LogP contribution is -2.45. The summed E-state index contributed by atoms with van der Waals surface area (Å²) in [5, 5.41) is 18.1. The zero-order valence-corrected chi connectivity index (χ0v) is 22.3. The van der Waals surface area contributed by atoms with Gasteiger partial charge in [-0.3, -0.25) is 9.78 Å². The standard InChI is InChI=1S/C27H27ClN6O3S/c1-37-21-3-2-15(10-19(21)28)12-31-25-23-18-6-9-34(27(36)20-11-17(35)13-30-20)14-22(18)38-26(23)33-24(32-25)16-4-7-29-8-5-16/h2-5,7-8,10,17,20,30,35H,6,9,11-14H2,1H3,(H,31,32,33). The molecule has 1 aromatic carbocycles. The minimum Gasteiger partial charge on any atom is -0.495 e. The first-order chi connectivity index (χ1) is 18.5. The van der Waals surface area contributed by atoms with Gasteiger partial charge in [-0.1, -0.05) is 17.7 Å². The van der Waals surface area contributed by atoms with Gasteiger partial charge in [0.2, 0.25) is 5.91 Å². The van der Waals surface area contributed by atoms with Gasteiger partial charge in [-0.05, 0) is 48.2 Å². The molecule has 1 fully saturated rings. The topological polar surface area (TPSA) is 113 Å². The zero-order valence-electron chi connectivity index (χ0n) is 20.8. The summed E-state index contributed by atoms with van der Waals surface area (Å²) < 4.78 is 5.28. The predicted octanol–water partition coefficient (Wildman–Crippen LogP) is 3.63. The number of aliphatic hydroxyl groups excluding tert-OH is 1. The van der Waals surface area contributed by atoms with Gasteiger partial charge in [0.05, 0.1) is 36.2 Å². The lowest BCUT2D eigenvalue weighted by molar-refractivity contribution is -0.134. The molecular weight excluding hydrogens is 524 g/mol. The second kappa shape index (κ2) is 10.5. The molecule has 3 aromatic heterocycles. The number of aromatic nitrogens is 3. The van der Waals surface area contributed by atoms with Crippen molar-refractivity contribution in [3.63, 3.8) is 0 Å². The predicted molar refractivity (Wildman–Crippen MR) is 148 cm³/mol. The first-order valence-electron chi connectivity index (χ1n) is 12.5. The number of anilines is 1. The molecule has 2 aliphatic rings. The van der Waals surface area contributed by atoms with Crippen LogP contribution in [0.15, 0.2) is 42.7 Å². The van der Waals surface area contributed by atoms with Crippen LogP contribution in [0, 0.1) is 0 Å². The number of thiophene rings is 1. The molecule has 196 valence electrons. The molecule has 1 amide bonds. The van der Waals surface area contributed by atoms with E-state index in [1.807, 2.05) is 35.2 Å². The highest BCUT2D eigenvalue weighted by Crippen LogP contribution is 2.39. The molecule has 4 aromatic rings. The third-order valence-electron chi connectivity index (χ3n) is 7.03. The summed E-state index contributed by atoms with van der Waals surface area (Å²) in [5.74, 6) is 2.05. The third kappa shape index (κ3) is 4.80. The lowest BCUT2D eigenvalue weighted by Gasteiger charge is -2.29. The largest absolute Gasteiger partial charge is 0.495 e. The Hall–Kier alpha value is -3.31. The Morgan fingerprint density at radius 1 is 1.29 bits per heavy atom. The Balaban J connectivity index is 1.34. The van der Waals surface area contributed by atoms with Crippen molar-refractivity contribution in [2.24, 2.45) is 0 Å². The van der Waals surface area contributed by atoms with Gasteiger partial charge in [-0.2, -0.15) is 0 Å². The molecule has 3 N–H and O–H groups in total. The summed E-state index contributed by atoms with van der Waals surface area (Å²) in [6.45, 7) is 2.13. The van der Waals surface area contributed by atoms with Crippen molar-refractivity contribution < 1.29 is 14.6 Å². The minimum absolute atomic E-state index is 0.0444. The number of fused-ring (bicyclic) bond motifs is 3. The van der Waals surface area contributed by atoms with Crippen LogP contribution < -0.4 is 15.4 Å². The molecule has 2 atom stereocenters. The highest BCUT2D eigenvalue weighted by Gasteiger charge is 2.34. The van der Waals surface area contributed by atoms with E-state index in [9.17, 15) is 9.90 Å². The Kier molecular flexibility index (Phi) is 6.87. The number of carbonyl (C=O) groups is 1. The Morgan fingerprint density at radius 2 is 2.13 bits per heavy atom. The highest BCUT2D eigenvalue weighted by atomic mass is 35.5. The number of benzene rings is 1. The number of amides is 1. The number of β-amino-alcohol motifs (C(OH)–C–C–N with tert-alkyl or cyclic N) is 1. The molecule has 38 heavy (non-hydrogen) atoms. The number of nitrogens with one attached hydrogen (secondary N) is 2. The molecule has 0 spiro atoms. The molecule has 0 radical (unpaired) electrons. The Morgan fingerprint density at radius 3 is 2.87 bits per heavy atom. The normalized spacial score (nSPS) is 19.0. The van der Waals surface area contributed by atoms with E-state index in [1.54, 1.807) is 30.8 Å². The van der Waals surface area contributed by atoms with Crippen LogP contribution in [-0.4, -0.2) is 63.2 Å². The van der Waals surface area contributed by atoms with Crippen molar-refractivity contribution in [3.8, 4) is 17.1 Å². The first kappa shape index (κ1) is 25.0. The number of carbonyl (C=O) groups excluding carboxylic acids is 1. The van der Waals surface area contributed by atoms with Crippen LogP contribution in [0.4, 0.5) is 5.82 Å². The number of aliphatic hydroxyl groups is 1. The number of halogens is 1. The summed E-state index contributed by atoms with van der Waals surface area (Å²) in [6, 6.07) is 9.17. The maximum Gasteiger partial charge on any atom is 0.240 e. The minimum atomic E-state index is -0.468. The third-order valence-corrected chi connectivity index (χ3v) is 8.44. The maximum absolute atomic E-state index is 13.1. The molecule has 2 unspecified atom stereocenters. The second-order valence-corrected chi connectivity index (χ2v) is 11.0. The van der Waals surface area contributed by atoms with Crippen molar-refractivity contribution in [1.82, 2.24) is 25.2 Å². The van der Waals surface area contributed by atoms with E-state index in [0.717, 1.165) is 38.5 Å². The van der Waals surface area contributed by atoms with E-state index in [1.165, 1.54) is 5.56 Å². The summed E-state index contributed by atoms with van der Waals surface area (Å²) in [4.78, 5) is 31.0. The number of nitrogens with zero attached hydrogens (tertiary/aromatic N) is 4. The van der Waals surface area contributed by atoms with Gasteiger partial charge in [0, 0.05) is 42.5 Å². The molecule has 0 saturated carbocycles. The number of methoxy groups -OCH3 is 1. The van der Waals surface area contributed by atoms with E-state index in [0.29, 0.717) is 49.2 Å². The summed E-state index contributed by atoms with van der Waals surface area (Å²) in [5.41, 5.74) is 3.07. The Labute approximate surface area is 228 Å². The highest BCUT2D eigenvalue weighted by molar-refractivity contribution is 7.19. The number of rotatable bonds is 6. The average molecular weight is 551 g/mol. The zero-order chi connectivity index (χ0) is 26.2. The van der Waals surface area contributed by atoms with Gasteiger partial charge in [0.15, 0.2) is 5.82 Å². The molecule has 0 bridgehead atoms. The second-order valence-electron chi connectivity index (χ2n) is 9.50. The molecule has 5 heterocycles. The smallest absolute Gasteiger partial charge is 0.240 e. The van der Waals surface area contributed by atoms with E-state index >= 15 is 0 Å². The fourth-order valence-corrected chi connectivity index (χ4v) is 6.59. The number of ether oxygens (including phenoxy) is 1. The van der Waals surface area contributed by atoms with Crippen LogP contribution >= 0.6 is 22.9 Å². The van der Waals surface area contributed by atoms with Crippen LogP contribution in [0.1, 0.15) is 22.4 Å². The molecule has 6 rings (SSSR count). The summed E-state index contributed by atoms with van der Waals surface area (Å²) in [6.07, 6.45) is 4.17. The van der Waals surface area contributed by atoms with E-state index < -0.39 is 6.10 Å². The average Bonchev–Trinajstić information content (AvgIpc) is 3.54. The van der Waals surface area contributed by atoms with E-state index in [-0.39, 0.29) is 11.9 Å². The van der Waals surface area contributed by atoms with Gasteiger partial charge in [-0.15, -0.1) is 11.3 Å². The summed E-state index contributed by atoms with van der Waals surface area (Å²) in [7, 11) is 1.60. The Bertz CT molecular complexity index is 1500. The van der Waals surface area contributed by atoms with Gasteiger partial charge in [0.1, 0.15) is 16.4 Å². The molecule has 2 aliphatic heterocycles. The van der Waals surface area contributed by atoms with Crippen LogP contribution in [-0.2, 0) is 24.3 Å². The monoisotopic (exact) mass is 550 g/mol. The van der Waals surface area contributed by atoms with Crippen molar-refractivity contribution in [1.29, 1.82) is 0 Å². The van der Waals surface area contributed by atoms with Crippen molar-refractivity contribution in [2.75, 3.05) is 25.5 Å². The fourth-order valence-electron chi connectivity index (χ4n) is 5.07. The van der Waals surface area contributed by atoms with Crippen LogP contribution in [0.25, 0.3) is 21.6 Å². The first-order valence-corrected chi connectivity index (χ1v) is 13.7. The molecule has 1 saturated heterocycles. The number of pyridine rings is 1. The SMILES string of the molecule is COc1ccc(CNc2nc(-c3ccncc3)nc3sc4c(c23)CCN(C(=O)C2CC(O)CN2)C4)cc1Cl. The van der Waals surface area contributed by atoms with Gasteiger partial charge < -0.3 is 25.4 Å². The van der Waals surface area contributed by atoms with Gasteiger partial charge in [0.25, 0.3) is 0 Å². The van der Waals surface area contributed by atoms with Gasteiger partial charge >= 0.3 is 0 Å². The van der Waals surface area contributed by atoms with Crippen molar-refractivity contribution in [2.45, 2.75) is 38.1 Å². The van der Waals surface area contributed by atoms with Crippen LogP contribution in [0.5, 0.6) is 5.75 Å². The quantitative estimate of drug-likeness (QED) is 0.334. The number of hydrogen-bond donors (Lipinski definition) is 3. The van der Waals surface area contributed by atoms with Crippen LogP contribution in [0.3, 0.4) is 0 Å². The molecule has 9 nitrogen and oxygen atoms in total. The van der Waals surface area contributed by atoms with Gasteiger partial charge in [-0.25, -0.2) is 9.97 Å². The maximum atomic E-state index is 13.1. The van der Waals surface area contributed by atoms with Crippen molar-refractivity contribution >= 4 is 44.9 Å². The molecular formula is C27H27ClN6O3S. The fraction of sp³-hybridized carbons (Fsp3) is 0.333.